The van der Waals surface area contributed by atoms with Crippen LogP contribution in [0.25, 0.3) is 0 Å². The topological polar surface area (TPSA) is 42.0 Å². The van der Waals surface area contributed by atoms with Crippen LogP contribution in [0.3, 0.4) is 0 Å². The molecule has 0 aromatic heterocycles. The maximum atomic E-state index is 12.9. The van der Waals surface area contributed by atoms with Gasteiger partial charge in [0.25, 0.3) is 0 Å². The van der Waals surface area contributed by atoms with Gasteiger partial charge in [0.15, 0.2) is 0 Å². The Hall–Kier alpha value is -2.53. The Kier molecular flexibility index (Phi) is 6.71. The Morgan fingerprint density at radius 2 is 1.74 bits per heavy atom. The molecule has 1 amide bonds. The van der Waals surface area contributed by atoms with Crippen molar-refractivity contribution >= 4 is 11.8 Å². The standard InChI is InChI=1S/C22H28N2O3/c1-23-15-13-21(14-16-23)27-22(25)24(19-6-4-3-5-7-19)17-12-18-8-10-20(26-2)11-9-18/h3-11,21H,12-17H2,1-2H3. The number of nitrogens with zero attached hydrogens (tertiary/aromatic N) is 2. The summed E-state index contributed by atoms with van der Waals surface area (Å²) in [6.07, 6.45) is 2.28. The average Bonchev–Trinajstić information content (AvgIpc) is 2.71. The quantitative estimate of drug-likeness (QED) is 0.774. The smallest absolute Gasteiger partial charge is 0.414 e. The van der Waals surface area contributed by atoms with Crippen LogP contribution in [0.15, 0.2) is 54.6 Å². The predicted octanol–water partition coefficient (Wildman–Crippen LogP) is 3.98. The largest absolute Gasteiger partial charge is 0.497 e. The van der Waals surface area contributed by atoms with Gasteiger partial charge in [-0.05, 0) is 56.1 Å². The summed E-state index contributed by atoms with van der Waals surface area (Å²) in [4.78, 5) is 16.9. The van der Waals surface area contributed by atoms with Gasteiger partial charge in [0.1, 0.15) is 11.9 Å². The molecule has 1 saturated heterocycles. The monoisotopic (exact) mass is 368 g/mol. The lowest BCUT2D eigenvalue weighted by molar-refractivity contribution is 0.0617. The van der Waals surface area contributed by atoms with E-state index in [0.717, 1.165) is 49.4 Å². The van der Waals surface area contributed by atoms with Crippen molar-refractivity contribution in [2.75, 3.05) is 38.7 Å². The van der Waals surface area contributed by atoms with Crippen LogP contribution in [0.5, 0.6) is 5.75 Å². The molecule has 5 nitrogen and oxygen atoms in total. The third-order valence-corrected chi connectivity index (χ3v) is 5.00. The Morgan fingerprint density at radius 1 is 1.07 bits per heavy atom. The number of benzene rings is 2. The van der Waals surface area contributed by atoms with E-state index < -0.39 is 0 Å². The maximum Gasteiger partial charge on any atom is 0.414 e. The van der Waals surface area contributed by atoms with E-state index in [0.29, 0.717) is 6.54 Å². The number of methoxy groups -OCH3 is 1. The molecule has 1 heterocycles. The maximum absolute atomic E-state index is 12.9. The molecule has 0 spiro atoms. The van der Waals surface area contributed by atoms with E-state index in [2.05, 4.69) is 11.9 Å². The van der Waals surface area contributed by atoms with E-state index in [1.54, 1.807) is 12.0 Å². The van der Waals surface area contributed by atoms with Gasteiger partial charge in [0.2, 0.25) is 0 Å². The summed E-state index contributed by atoms with van der Waals surface area (Å²) in [5.74, 6) is 0.834. The number of hydrogen-bond acceptors (Lipinski definition) is 4. The second kappa shape index (κ2) is 9.42. The zero-order chi connectivity index (χ0) is 19.1. The molecule has 0 bridgehead atoms. The molecule has 3 rings (SSSR count). The van der Waals surface area contributed by atoms with Crippen LogP contribution < -0.4 is 9.64 Å². The number of likely N-dealkylation sites (tertiary alicyclic amines) is 1. The van der Waals surface area contributed by atoms with Crippen molar-refractivity contribution in [3.05, 3.63) is 60.2 Å². The number of amides is 1. The molecule has 0 radical (unpaired) electrons. The van der Waals surface area contributed by atoms with Crippen molar-refractivity contribution in [3.63, 3.8) is 0 Å². The summed E-state index contributed by atoms with van der Waals surface area (Å²) in [5, 5.41) is 0. The fraction of sp³-hybridized carbons (Fsp3) is 0.409. The molecule has 27 heavy (non-hydrogen) atoms. The summed E-state index contributed by atoms with van der Waals surface area (Å²) in [5.41, 5.74) is 2.02. The van der Waals surface area contributed by atoms with Crippen molar-refractivity contribution < 1.29 is 14.3 Å². The number of anilines is 1. The molecule has 0 atom stereocenters. The van der Waals surface area contributed by atoms with Crippen molar-refractivity contribution in [2.24, 2.45) is 0 Å². The van der Waals surface area contributed by atoms with E-state index in [1.165, 1.54) is 0 Å². The lowest BCUT2D eigenvalue weighted by Crippen LogP contribution is -2.40. The van der Waals surface area contributed by atoms with Crippen LogP contribution >= 0.6 is 0 Å². The third-order valence-electron chi connectivity index (χ3n) is 5.00. The van der Waals surface area contributed by atoms with E-state index in [4.69, 9.17) is 9.47 Å². The molecule has 5 heteroatoms. The van der Waals surface area contributed by atoms with Crippen molar-refractivity contribution in [2.45, 2.75) is 25.4 Å². The second-order valence-corrected chi connectivity index (χ2v) is 6.97. The number of carbonyl (C=O) groups is 1. The van der Waals surface area contributed by atoms with Gasteiger partial charge in [0, 0.05) is 25.3 Å². The van der Waals surface area contributed by atoms with E-state index in [9.17, 15) is 4.79 Å². The molecule has 2 aromatic carbocycles. The van der Waals surface area contributed by atoms with Crippen LogP contribution in [-0.4, -0.2) is 50.9 Å². The first-order valence-electron chi connectivity index (χ1n) is 9.50. The number of rotatable bonds is 6. The number of piperidine rings is 1. The summed E-state index contributed by atoms with van der Waals surface area (Å²) in [7, 11) is 3.76. The summed E-state index contributed by atoms with van der Waals surface area (Å²) in [6, 6.07) is 17.7. The molecule has 1 aliphatic rings. The highest BCUT2D eigenvalue weighted by Crippen LogP contribution is 2.20. The van der Waals surface area contributed by atoms with Gasteiger partial charge in [-0.3, -0.25) is 4.90 Å². The number of para-hydroxylation sites is 1. The molecule has 1 fully saturated rings. The van der Waals surface area contributed by atoms with Crippen molar-refractivity contribution in [1.29, 1.82) is 0 Å². The minimum Gasteiger partial charge on any atom is -0.497 e. The summed E-state index contributed by atoms with van der Waals surface area (Å²) >= 11 is 0. The Balaban J connectivity index is 1.66. The first-order chi connectivity index (χ1) is 13.2. The molecule has 0 aliphatic carbocycles. The lowest BCUT2D eigenvalue weighted by atomic mass is 10.1. The molecule has 1 aliphatic heterocycles. The van der Waals surface area contributed by atoms with Gasteiger partial charge in [-0.25, -0.2) is 4.79 Å². The molecule has 144 valence electrons. The zero-order valence-corrected chi connectivity index (χ0v) is 16.1. The molecule has 0 N–H and O–H groups in total. The predicted molar refractivity (Wildman–Crippen MR) is 107 cm³/mol. The zero-order valence-electron chi connectivity index (χ0n) is 16.1. The summed E-state index contributed by atoms with van der Waals surface area (Å²) < 4.78 is 11.0. The molecule has 0 saturated carbocycles. The highest BCUT2D eigenvalue weighted by atomic mass is 16.6. The SMILES string of the molecule is COc1ccc(CCN(C(=O)OC2CCN(C)CC2)c2ccccc2)cc1. The number of ether oxygens (including phenoxy) is 2. The van der Waals surface area contributed by atoms with Gasteiger partial charge < -0.3 is 14.4 Å². The highest BCUT2D eigenvalue weighted by Gasteiger charge is 2.24. The van der Waals surface area contributed by atoms with Gasteiger partial charge in [-0.15, -0.1) is 0 Å². The van der Waals surface area contributed by atoms with Gasteiger partial charge in [0.05, 0.1) is 7.11 Å². The normalized spacial score (nSPS) is 15.3. The Labute approximate surface area is 161 Å². The van der Waals surface area contributed by atoms with E-state index in [1.807, 2.05) is 54.6 Å². The van der Waals surface area contributed by atoms with Gasteiger partial charge in [-0.2, -0.15) is 0 Å². The van der Waals surface area contributed by atoms with Crippen LogP contribution in [0.1, 0.15) is 18.4 Å². The molecule has 0 unspecified atom stereocenters. The van der Waals surface area contributed by atoms with Crippen LogP contribution in [0.2, 0.25) is 0 Å². The van der Waals surface area contributed by atoms with E-state index in [-0.39, 0.29) is 12.2 Å². The molecular weight excluding hydrogens is 340 g/mol. The fourth-order valence-corrected chi connectivity index (χ4v) is 3.28. The van der Waals surface area contributed by atoms with Crippen molar-refractivity contribution in [1.82, 2.24) is 4.90 Å². The molecular formula is C22H28N2O3. The third kappa shape index (κ3) is 5.47. The van der Waals surface area contributed by atoms with Crippen LogP contribution in [0, 0.1) is 0 Å². The minimum atomic E-state index is -0.260. The Morgan fingerprint density at radius 3 is 2.37 bits per heavy atom. The fourth-order valence-electron chi connectivity index (χ4n) is 3.28. The highest BCUT2D eigenvalue weighted by molar-refractivity contribution is 5.87. The number of hydrogen-bond donors (Lipinski definition) is 0. The first kappa shape index (κ1) is 19.2. The second-order valence-electron chi connectivity index (χ2n) is 6.97. The van der Waals surface area contributed by atoms with Crippen molar-refractivity contribution in [3.8, 4) is 5.75 Å². The number of carbonyl (C=O) groups excluding carboxylic acids is 1. The van der Waals surface area contributed by atoms with E-state index >= 15 is 0 Å². The van der Waals surface area contributed by atoms with Crippen LogP contribution in [0.4, 0.5) is 10.5 Å². The average molecular weight is 368 g/mol. The summed E-state index contributed by atoms with van der Waals surface area (Å²) in [6.45, 7) is 2.51. The van der Waals surface area contributed by atoms with Gasteiger partial charge in [-0.1, -0.05) is 30.3 Å². The van der Waals surface area contributed by atoms with Gasteiger partial charge >= 0.3 is 6.09 Å². The minimum absolute atomic E-state index is 0.000832. The Bertz CT molecular complexity index is 710. The van der Waals surface area contributed by atoms with Crippen LogP contribution in [-0.2, 0) is 11.2 Å². The lowest BCUT2D eigenvalue weighted by Gasteiger charge is -2.31. The molecule has 2 aromatic rings. The first-order valence-corrected chi connectivity index (χ1v) is 9.50.